The molecule has 0 spiro atoms. The molecule has 3 atom stereocenters. The van der Waals surface area contributed by atoms with Crippen LogP contribution in [0.1, 0.15) is 34.1 Å². The van der Waals surface area contributed by atoms with Gasteiger partial charge in [0.1, 0.15) is 5.78 Å². The summed E-state index contributed by atoms with van der Waals surface area (Å²) < 4.78 is -1.31. The normalized spacial score (nSPS) is 29.9. The van der Waals surface area contributed by atoms with Gasteiger partial charge in [-0.2, -0.15) is 0 Å². The summed E-state index contributed by atoms with van der Waals surface area (Å²) in [6.45, 7) is 8.03. The number of ketones is 1. The second kappa shape index (κ2) is 4.66. The summed E-state index contributed by atoms with van der Waals surface area (Å²) >= 11 is 17.3. The lowest BCUT2D eigenvalue weighted by Gasteiger charge is -2.18. The van der Waals surface area contributed by atoms with Crippen molar-refractivity contribution in [2.24, 2.45) is 23.2 Å². The summed E-state index contributed by atoms with van der Waals surface area (Å²) in [5, 5.41) is 0. The lowest BCUT2D eigenvalue weighted by molar-refractivity contribution is -0.117. The average molecular weight is 285 g/mol. The van der Waals surface area contributed by atoms with Gasteiger partial charge in [-0.3, -0.25) is 0 Å². The highest BCUT2D eigenvalue weighted by atomic mass is 35.6. The fourth-order valence-corrected chi connectivity index (χ4v) is 3.53. The Morgan fingerprint density at radius 3 is 2.31 bits per heavy atom. The van der Waals surface area contributed by atoms with Crippen molar-refractivity contribution in [2.45, 2.75) is 37.9 Å². The van der Waals surface area contributed by atoms with Crippen LogP contribution in [-0.4, -0.2) is 9.58 Å². The Bertz CT molecular complexity index is 280. The smallest absolute Gasteiger partial charge is 0.194 e. The lowest BCUT2D eigenvalue weighted by Crippen LogP contribution is -2.14. The minimum Gasteiger partial charge on any atom is -0.300 e. The zero-order chi connectivity index (χ0) is 12.7. The average Bonchev–Trinajstić information content (AvgIpc) is 2.47. The van der Waals surface area contributed by atoms with Crippen LogP contribution in [0.3, 0.4) is 0 Å². The van der Waals surface area contributed by atoms with Crippen molar-refractivity contribution in [3.8, 4) is 0 Å². The summed E-state index contributed by atoms with van der Waals surface area (Å²) in [5.41, 5.74) is 0.178. The Hall–Kier alpha value is 0.540. The van der Waals surface area contributed by atoms with Crippen molar-refractivity contribution in [1.29, 1.82) is 0 Å². The molecule has 1 radical (unpaired) electrons. The number of hydrogen-bond acceptors (Lipinski definition) is 1. The molecule has 4 heteroatoms. The van der Waals surface area contributed by atoms with E-state index in [1.54, 1.807) is 13.3 Å². The van der Waals surface area contributed by atoms with Gasteiger partial charge in [-0.15, -0.1) is 0 Å². The summed E-state index contributed by atoms with van der Waals surface area (Å²) in [6, 6.07) is 0. The third-order valence-corrected chi connectivity index (χ3v) is 4.04. The molecule has 16 heavy (non-hydrogen) atoms. The van der Waals surface area contributed by atoms with Gasteiger partial charge in [0.05, 0.1) is 0 Å². The summed E-state index contributed by atoms with van der Waals surface area (Å²) in [6.07, 6.45) is 2.37. The fourth-order valence-electron chi connectivity index (χ4n) is 2.93. The van der Waals surface area contributed by atoms with Crippen molar-refractivity contribution in [1.82, 2.24) is 0 Å². The van der Waals surface area contributed by atoms with Crippen LogP contribution >= 0.6 is 34.8 Å². The first kappa shape index (κ1) is 14.6. The van der Waals surface area contributed by atoms with E-state index in [4.69, 9.17) is 34.8 Å². The lowest BCUT2D eigenvalue weighted by atomic mass is 9.96. The number of alkyl halides is 3. The third-order valence-electron chi connectivity index (χ3n) is 3.66. The number of carbonyl (C=O) groups is 1. The van der Waals surface area contributed by atoms with Crippen LogP contribution in [0.15, 0.2) is 0 Å². The largest absolute Gasteiger partial charge is 0.300 e. The summed E-state index contributed by atoms with van der Waals surface area (Å²) in [5.74, 6) is 1.31. The maximum absolute atomic E-state index is 11.1. The molecule has 1 fully saturated rings. The van der Waals surface area contributed by atoms with Gasteiger partial charge in [-0.25, -0.2) is 0 Å². The highest BCUT2D eigenvalue weighted by Crippen LogP contribution is 2.64. The van der Waals surface area contributed by atoms with Crippen molar-refractivity contribution in [3.05, 3.63) is 6.42 Å². The van der Waals surface area contributed by atoms with Gasteiger partial charge in [-0.05, 0) is 30.1 Å². The SMILES string of the molecule is CC(=O)CC1C(C(C)[CH]C(Cl)(Cl)Cl)C1(C)C. The Balaban J connectivity index is 2.58. The van der Waals surface area contributed by atoms with Gasteiger partial charge < -0.3 is 4.79 Å². The van der Waals surface area contributed by atoms with E-state index in [1.807, 2.05) is 0 Å². The molecule has 1 nitrogen and oxygen atoms in total. The molecule has 1 saturated carbocycles. The van der Waals surface area contributed by atoms with Crippen molar-refractivity contribution in [3.63, 3.8) is 0 Å². The van der Waals surface area contributed by atoms with Crippen molar-refractivity contribution < 1.29 is 4.79 Å². The molecule has 0 aromatic rings. The molecule has 1 aliphatic rings. The van der Waals surface area contributed by atoms with Gasteiger partial charge in [0, 0.05) is 12.8 Å². The molecule has 0 heterocycles. The first-order valence-electron chi connectivity index (χ1n) is 5.48. The van der Waals surface area contributed by atoms with E-state index >= 15 is 0 Å². The molecule has 0 N–H and O–H groups in total. The maximum atomic E-state index is 11.1. The van der Waals surface area contributed by atoms with E-state index in [9.17, 15) is 4.79 Å². The van der Waals surface area contributed by atoms with Gasteiger partial charge in [0.25, 0.3) is 0 Å². The first-order chi connectivity index (χ1) is 7.05. The van der Waals surface area contributed by atoms with Gasteiger partial charge in [-0.1, -0.05) is 55.6 Å². The number of Topliss-reactive ketones (excluding diaryl/α,β-unsaturated/α-hetero) is 1. The van der Waals surface area contributed by atoms with E-state index in [-0.39, 0.29) is 17.1 Å². The fraction of sp³-hybridized carbons (Fsp3) is 0.833. The van der Waals surface area contributed by atoms with E-state index in [0.717, 1.165) is 0 Å². The molecule has 0 amide bonds. The van der Waals surface area contributed by atoms with E-state index in [0.29, 0.717) is 18.3 Å². The quantitative estimate of drug-likeness (QED) is 0.697. The first-order valence-corrected chi connectivity index (χ1v) is 6.61. The monoisotopic (exact) mass is 283 g/mol. The number of rotatable bonds is 4. The van der Waals surface area contributed by atoms with Crippen LogP contribution in [0.2, 0.25) is 0 Å². The summed E-state index contributed by atoms with van der Waals surface area (Å²) in [4.78, 5) is 11.1. The minimum absolute atomic E-state index is 0.178. The van der Waals surface area contributed by atoms with Crippen LogP contribution in [0.25, 0.3) is 0 Å². The molecule has 3 unspecified atom stereocenters. The Labute approximate surface area is 113 Å². The Kier molecular flexibility index (Phi) is 4.26. The molecule has 1 rings (SSSR count). The molecular formula is C12H18Cl3O. The van der Waals surface area contributed by atoms with Crippen LogP contribution in [-0.2, 0) is 4.79 Å². The van der Waals surface area contributed by atoms with E-state index in [1.165, 1.54) is 0 Å². The molecular weight excluding hydrogens is 266 g/mol. The number of hydrogen-bond donors (Lipinski definition) is 0. The molecule has 0 aliphatic heterocycles. The zero-order valence-electron chi connectivity index (χ0n) is 10.1. The topological polar surface area (TPSA) is 17.1 Å². The Morgan fingerprint density at radius 2 is 1.94 bits per heavy atom. The molecule has 1 aliphatic carbocycles. The number of halogens is 3. The van der Waals surface area contributed by atoms with Crippen LogP contribution in [0.5, 0.6) is 0 Å². The van der Waals surface area contributed by atoms with E-state index in [2.05, 4.69) is 20.8 Å². The molecule has 0 bridgehead atoms. The molecule has 0 saturated heterocycles. The Morgan fingerprint density at radius 1 is 1.44 bits per heavy atom. The zero-order valence-corrected chi connectivity index (χ0v) is 12.3. The second-order valence-corrected chi connectivity index (χ2v) is 7.80. The van der Waals surface area contributed by atoms with Crippen LogP contribution in [0.4, 0.5) is 0 Å². The predicted molar refractivity (Wildman–Crippen MR) is 69.8 cm³/mol. The highest BCUT2D eigenvalue weighted by Gasteiger charge is 2.59. The van der Waals surface area contributed by atoms with Gasteiger partial charge in [0.15, 0.2) is 3.79 Å². The number of carbonyl (C=O) groups excluding carboxylic acids is 1. The molecule has 0 aromatic heterocycles. The van der Waals surface area contributed by atoms with Crippen LogP contribution < -0.4 is 0 Å². The third kappa shape index (κ3) is 3.51. The molecule has 93 valence electrons. The van der Waals surface area contributed by atoms with Crippen LogP contribution in [0, 0.1) is 29.6 Å². The predicted octanol–water partition coefficient (Wildman–Crippen LogP) is 4.45. The van der Waals surface area contributed by atoms with Gasteiger partial charge in [0.2, 0.25) is 0 Å². The molecule has 0 aromatic carbocycles. The van der Waals surface area contributed by atoms with Gasteiger partial charge >= 0.3 is 0 Å². The highest BCUT2D eigenvalue weighted by molar-refractivity contribution is 6.68. The van der Waals surface area contributed by atoms with Crippen molar-refractivity contribution in [2.75, 3.05) is 0 Å². The second-order valence-electron chi connectivity index (χ2n) is 5.43. The minimum atomic E-state index is -1.31. The van der Waals surface area contributed by atoms with Crippen molar-refractivity contribution >= 4 is 40.6 Å². The van der Waals surface area contributed by atoms with E-state index < -0.39 is 3.79 Å². The maximum Gasteiger partial charge on any atom is 0.194 e. The summed E-state index contributed by atoms with van der Waals surface area (Å²) in [7, 11) is 0. The standard InChI is InChI=1S/C12H18Cl3O/c1-7(6-12(13,14)15)10-9(5-8(2)16)11(10,3)4/h6-7,9-10H,5H2,1-4H3.